The minimum absolute atomic E-state index is 0.0204. The lowest BCUT2D eigenvalue weighted by atomic mass is 9.85. The molecule has 0 spiro atoms. The smallest absolute Gasteiger partial charge is 0.259 e. The Morgan fingerprint density at radius 1 is 1.41 bits per heavy atom. The van der Waals surface area contributed by atoms with Crippen molar-refractivity contribution < 1.29 is 4.79 Å². The van der Waals surface area contributed by atoms with Crippen molar-refractivity contribution >= 4 is 27.5 Å². The van der Waals surface area contributed by atoms with Gasteiger partial charge in [0.2, 0.25) is 5.91 Å². The zero-order valence-electron chi connectivity index (χ0n) is 12.6. The Kier molecular flexibility index (Phi) is 3.29. The molecule has 6 heteroatoms. The predicted molar refractivity (Wildman–Crippen MR) is 86.3 cm³/mol. The number of H-pyrrole nitrogens is 1. The maximum atomic E-state index is 12.2. The summed E-state index contributed by atoms with van der Waals surface area (Å²) >= 11 is 1.50. The molecule has 1 saturated heterocycles. The van der Waals surface area contributed by atoms with Gasteiger partial charge in [0, 0.05) is 25.4 Å². The summed E-state index contributed by atoms with van der Waals surface area (Å²) < 4.78 is 0. The van der Waals surface area contributed by atoms with Crippen LogP contribution in [-0.2, 0) is 4.79 Å². The normalized spacial score (nSPS) is 22.5. The molecule has 116 valence electrons. The van der Waals surface area contributed by atoms with E-state index >= 15 is 0 Å². The number of nitrogens with one attached hydrogen (secondary N) is 1. The van der Waals surface area contributed by atoms with E-state index in [0.29, 0.717) is 30.1 Å². The molecule has 22 heavy (non-hydrogen) atoms. The number of hydrogen-bond acceptors (Lipinski definition) is 4. The van der Waals surface area contributed by atoms with Crippen LogP contribution < -0.4 is 5.56 Å². The third-order valence-corrected chi connectivity index (χ3v) is 5.94. The number of aromatic nitrogens is 2. The van der Waals surface area contributed by atoms with Crippen molar-refractivity contribution in [3.63, 3.8) is 0 Å². The number of carbonyl (C=O) groups excluding carboxylic acids is 1. The molecule has 3 heterocycles. The second-order valence-electron chi connectivity index (χ2n) is 6.55. The van der Waals surface area contributed by atoms with Crippen LogP contribution in [0.15, 0.2) is 10.2 Å². The molecule has 2 aromatic rings. The number of nitrogens with zero attached hydrogens (tertiary/aromatic N) is 2. The zero-order chi connectivity index (χ0) is 15.3. The lowest BCUT2D eigenvalue weighted by Gasteiger charge is -2.30. The quantitative estimate of drug-likeness (QED) is 0.945. The second kappa shape index (κ2) is 5.19. The van der Waals surface area contributed by atoms with E-state index in [1.54, 1.807) is 0 Å². The van der Waals surface area contributed by atoms with Crippen molar-refractivity contribution in [1.29, 1.82) is 0 Å². The molecule has 2 fully saturated rings. The molecule has 1 unspecified atom stereocenters. The van der Waals surface area contributed by atoms with Gasteiger partial charge in [-0.3, -0.25) is 9.59 Å². The molecular formula is C16H19N3O2S. The van der Waals surface area contributed by atoms with Crippen LogP contribution in [0.3, 0.4) is 0 Å². The molecule has 5 nitrogen and oxygen atoms in total. The van der Waals surface area contributed by atoms with Gasteiger partial charge >= 0.3 is 0 Å². The van der Waals surface area contributed by atoms with Crippen molar-refractivity contribution in [2.75, 3.05) is 13.1 Å². The van der Waals surface area contributed by atoms with Crippen LogP contribution in [0, 0.1) is 12.8 Å². The van der Waals surface area contributed by atoms with Crippen LogP contribution in [0.2, 0.25) is 0 Å². The number of aromatic amines is 1. The third kappa shape index (κ3) is 2.26. The van der Waals surface area contributed by atoms with Crippen molar-refractivity contribution in [3.05, 3.63) is 27.1 Å². The van der Waals surface area contributed by atoms with Gasteiger partial charge in [-0.15, -0.1) is 11.3 Å². The summed E-state index contributed by atoms with van der Waals surface area (Å²) in [5.41, 5.74) is 0.887. The lowest BCUT2D eigenvalue weighted by molar-refractivity contribution is -0.128. The van der Waals surface area contributed by atoms with Crippen LogP contribution in [-0.4, -0.2) is 33.9 Å². The van der Waals surface area contributed by atoms with Crippen LogP contribution >= 0.6 is 11.3 Å². The van der Waals surface area contributed by atoms with Crippen molar-refractivity contribution in [2.45, 2.75) is 38.5 Å². The number of aryl methyl sites for hydroxylation is 1. The average Bonchev–Trinajstić information content (AvgIpc) is 2.98. The Bertz CT molecular complexity index is 790. The fourth-order valence-electron chi connectivity index (χ4n) is 3.42. The van der Waals surface area contributed by atoms with Crippen LogP contribution in [0.25, 0.3) is 10.2 Å². The molecule has 1 amide bonds. The number of hydrogen-bond donors (Lipinski definition) is 1. The number of amides is 1. The van der Waals surface area contributed by atoms with E-state index in [0.717, 1.165) is 16.9 Å². The molecule has 0 radical (unpaired) electrons. The second-order valence-corrected chi connectivity index (χ2v) is 7.40. The van der Waals surface area contributed by atoms with E-state index in [-0.39, 0.29) is 17.4 Å². The van der Waals surface area contributed by atoms with Crippen molar-refractivity contribution in [2.24, 2.45) is 5.92 Å². The lowest BCUT2D eigenvalue weighted by Crippen LogP contribution is -2.33. The molecule has 1 aliphatic heterocycles. The first kappa shape index (κ1) is 13.9. The Morgan fingerprint density at radius 2 is 2.23 bits per heavy atom. The van der Waals surface area contributed by atoms with E-state index in [1.807, 2.05) is 17.2 Å². The Labute approximate surface area is 132 Å². The highest BCUT2D eigenvalue weighted by molar-refractivity contribution is 7.16. The molecule has 1 N–H and O–H groups in total. The van der Waals surface area contributed by atoms with Gasteiger partial charge in [-0.2, -0.15) is 0 Å². The van der Waals surface area contributed by atoms with Gasteiger partial charge in [-0.05, 0) is 36.6 Å². The number of carbonyl (C=O) groups is 1. The van der Waals surface area contributed by atoms with E-state index in [9.17, 15) is 9.59 Å². The maximum absolute atomic E-state index is 12.2. The minimum atomic E-state index is -0.0800. The largest absolute Gasteiger partial charge is 0.342 e. The third-order valence-electron chi connectivity index (χ3n) is 4.95. The SMILES string of the molecule is Cc1csc2nc(C3CC(=O)N(CC4CCC4)C3)[nH]c(=O)c12. The van der Waals surface area contributed by atoms with Gasteiger partial charge < -0.3 is 9.88 Å². The van der Waals surface area contributed by atoms with Gasteiger partial charge in [0.15, 0.2) is 0 Å². The average molecular weight is 317 g/mol. The topological polar surface area (TPSA) is 66.1 Å². The van der Waals surface area contributed by atoms with Gasteiger partial charge in [-0.25, -0.2) is 4.98 Å². The first-order chi connectivity index (χ1) is 10.6. The van der Waals surface area contributed by atoms with Gasteiger partial charge in [0.1, 0.15) is 10.7 Å². The molecule has 0 aromatic carbocycles. The van der Waals surface area contributed by atoms with Crippen LogP contribution in [0.4, 0.5) is 0 Å². The number of thiophene rings is 1. The Hall–Kier alpha value is -1.69. The van der Waals surface area contributed by atoms with Gasteiger partial charge in [-0.1, -0.05) is 6.42 Å². The molecule has 0 bridgehead atoms. The summed E-state index contributed by atoms with van der Waals surface area (Å²) in [5, 5.41) is 2.64. The van der Waals surface area contributed by atoms with Gasteiger partial charge in [0.25, 0.3) is 5.56 Å². The molecular weight excluding hydrogens is 298 g/mol. The first-order valence-electron chi connectivity index (χ1n) is 7.87. The number of likely N-dealkylation sites (tertiary alicyclic amines) is 1. The molecule has 1 aliphatic carbocycles. The summed E-state index contributed by atoms with van der Waals surface area (Å²) in [6.07, 6.45) is 4.23. The van der Waals surface area contributed by atoms with E-state index < -0.39 is 0 Å². The number of rotatable bonds is 3. The Balaban J connectivity index is 1.59. The fraction of sp³-hybridized carbons (Fsp3) is 0.562. The molecule has 2 aliphatic rings. The highest BCUT2D eigenvalue weighted by atomic mass is 32.1. The minimum Gasteiger partial charge on any atom is -0.342 e. The number of fused-ring (bicyclic) bond motifs is 1. The van der Waals surface area contributed by atoms with Crippen molar-refractivity contribution in [1.82, 2.24) is 14.9 Å². The van der Waals surface area contributed by atoms with Crippen LogP contribution in [0.5, 0.6) is 0 Å². The standard InChI is InChI=1S/C16H19N3O2S/c1-9-8-22-16-13(9)15(21)17-14(18-16)11-5-12(20)19(7-11)6-10-3-2-4-10/h8,10-11H,2-7H2,1H3,(H,17,18,21). The van der Waals surface area contributed by atoms with Crippen molar-refractivity contribution in [3.8, 4) is 0 Å². The van der Waals surface area contributed by atoms with E-state index in [4.69, 9.17) is 0 Å². The fourth-order valence-corrected chi connectivity index (χ4v) is 4.35. The molecule has 1 saturated carbocycles. The first-order valence-corrected chi connectivity index (χ1v) is 8.75. The summed E-state index contributed by atoms with van der Waals surface area (Å²) in [4.78, 5) is 34.7. The highest BCUT2D eigenvalue weighted by Crippen LogP contribution is 2.32. The molecule has 2 aromatic heterocycles. The summed E-state index contributed by atoms with van der Waals surface area (Å²) in [6.45, 7) is 3.49. The molecule has 1 atom stereocenters. The predicted octanol–water partition coefficient (Wildman–Crippen LogP) is 2.41. The summed E-state index contributed by atoms with van der Waals surface area (Å²) in [6, 6.07) is 0. The van der Waals surface area contributed by atoms with Crippen LogP contribution in [0.1, 0.15) is 43.0 Å². The summed E-state index contributed by atoms with van der Waals surface area (Å²) in [7, 11) is 0. The maximum Gasteiger partial charge on any atom is 0.259 e. The van der Waals surface area contributed by atoms with Gasteiger partial charge in [0.05, 0.1) is 5.39 Å². The molecule has 4 rings (SSSR count). The van der Waals surface area contributed by atoms with E-state index in [2.05, 4.69) is 9.97 Å². The highest BCUT2D eigenvalue weighted by Gasteiger charge is 2.34. The summed E-state index contributed by atoms with van der Waals surface area (Å²) in [5.74, 6) is 1.56. The monoisotopic (exact) mass is 317 g/mol. The Morgan fingerprint density at radius 3 is 2.95 bits per heavy atom. The zero-order valence-corrected chi connectivity index (χ0v) is 13.4. The van der Waals surface area contributed by atoms with E-state index in [1.165, 1.54) is 30.6 Å².